The maximum absolute atomic E-state index is 13.7. The summed E-state index contributed by atoms with van der Waals surface area (Å²) >= 11 is 0. The molecule has 0 aliphatic carbocycles. The number of benzene rings is 3. The van der Waals surface area contributed by atoms with Gasteiger partial charge < -0.3 is 5.32 Å². The summed E-state index contributed by atoms with van der Waals surface area (Å²) in [5.74, 6) is -0.548. The van der Waals surface area contributed by atoms with E-state index in [2.05, 4.69) is 19.2 Å². The molecular weight excluding hydrogens is 450 g/mol. The second-order valence-electron chi connectivity index (χ2n) is 8.62. The molecule has 2 amide bonds. The summed E-state index contributed by atoms with van der Waals surface area (Å²) in [7, 11) is -4.04. The Balaban J connectivity index is 1.73. The molecule has 8 heteroatoms. The van der Waals surface area contributed by atoms with E-state index in [0.717, 1.165) is 15.4 Å². The number of carbonyl (C=O) groups is 2. The zero-order chi connectivity index (χ0) is 24.5. The van der Waals surface area contributed by atoms with Gasteiger partial charge in [-0.05, 0) is 54.8 Å². The van der Waals surface area contributed by atoms with Crippen molar-refractivity contribution in [3.8, 4) is 0 Å². The van der Waals surface area contributed by atoms with Gasteiger partial charge in [0.05, 0.1) is 22.0 Å². The quantitative estimate of drug-likeness (QED) is 0.574. The standard InChI is InChI=1S/C26H27N3O4S/c1-18(2)20-10-12-21(13-11-20)29(34(32,33)22-14-8-19(3)9-15-22)17-26(31)28-16-25(30)27-23-6-4-5-7-24(23)28/h4-15,18H,16-17H2,1-3H3,(H,27,30). The van der Waals surface area contributed by atoms with Crippen LogP contribution in [-0.4, -0.2) is 33.3 Å². The first-order valence-electron chi connectivity index (χ1n) is 11.1. The molecule has 0 saturated carbocycles. The summed E-state index contributed by atoms with van der Waals surface area (Å²) in [6, 6.07) is 20.6. The van der Waals surface area contributed by atoms with Gasteiger partial charge in [0.2, 0.25) is 11.8 Å². The van der Waals surface area contributed by atoms with E-state index in [0.29, 0.717) is 17.1 Å². The van der Waals surface area contributed by atoms with Crippen LogP contribution in [0.5, 0.6) is 0 Å². The van der Waals surface area contributed by atoms with Gasteiger partial charge in [0, 0.05) is 0 Å². The first kappa shape index (κ1) is 23.5. The molecule has 176 valence electrons. The Labute approximate surface area is 200 Å². The van der Waals surface area contributed by atoms with E-state index in [4.69, 9.17) is 0 Å². The molecule has 0 bridgehead atoms. The number of hydrogen-bond acceptors (Lipinski definition) is 4. The monoisotopic (exact) mass is 477 g/mol. The molecule has 0 unspecified atom stereocenters. The van der Waals surface area contributed by atoms with Gasteiger partial charge >= 0.3 is 0 Å². The first-order chi connectivity index (χ1) is 16.2. The van der Waals surface area contributed by atoms with Gasteiger partial charge in [0.15, 0.2) is 0 Å². The molecule has 0 saturated heterocycles. The molecule has 4 rings (SSSR count). The van der Waals surface area contributed by atoms with Crippen LogP contribution in [0.25, 0.3) is 0 Å². The second kappa shape index (κ2) is 9.30. The van der Waals surface area contributed by atoms with Gasteiger partial charge in [0.1, 0.15) is 13.1 Å². The molecule has 7 nitrogen and oxygen atoms in total. The number of rotatable bonds is 6. The van der Waals surface area contributed by atoms with Crippen LogP contribution in [0.2, 0.25) is 0 Å². The van der Waals surface area contributed by atoms with Gasteiger partial charge in [-0.3, -0.25) is 18.8 Å². The van der Waals surface area contributed by atoms with Gasteiger partial charge in [-0.15, -0.1) is 0 Å². The van der Waals surface area contributed by atoms with Crippen LogP contribution in [0.3, 0.4) is 0 Å². The van der Waals surface area contributed by atoms with Crippen molar-refractivity contribution in [1.82, 2.24) is 0 Å². The van der Waals surface area contributed by atoms with Crippen molar-refractivity contribution in [1.29, 1.82) is 0 Å². The molecule has 0 atom stereocenters. The van der Waals surface area contributed by atoms with Crippen LogP contribution < -0.4 is 14.5 Å². The number of nitrogens with one attached hydrogen (secondary N) is 1. The number of anilines is 3. The molecule has 0 aromatic heterocycles. The number of aryl methyl sites for hydroxylation is 1. The fraction of sp³-hybridized carbons (Fsp3) is 0.231. The van der Waals surface area contributed by atoms with Crippen molar-refractivity contribution >= 4 is 38.9 Å². The molecule has 3 aromatic carbocycles. The van der Waals surface area contributed by atoms with E-state index in [9.17, 15) is 18.0 Å². The Hall–Kier alpha value is -3.65. The molecule has 1 aliphatic heterocycles. The molecule has 1 N–H and O–H groups in total. The summed E-state index contributed by atoms with van der Waals surface area (Å²) in [6.45, 7) is 5.36. The molecule has 3 aromatic rings. The number of hydrogen-bond donors (Lipinski definition) is 1. The molecule has 0 radical (unpaired) electrons. The van der Waals surface area contributed by atoms with Crippen molar-refractivity contribution in [3.05, 3.63) is 83.9 Å². The lowest BCUT2D eigenvalue weighted by Gasteiger charge is -2.32. The average molecular weight is 478 g/mol. The zero-order valence-electron chi connectivity index (χ0n) is 19.4. The number of nitrogens with zero attached hydrogens (tertiary/aromatic N) is 2. The maximum Gasteiger partial charge on any atom is 0.264 e. The Morgan fingerprint density at radius 1 is 1.00 bits per heavy atom. The summed E-state index contributed by atoms with van der Waals surface area (Å²) in [6.07, 6.45) is 0. The van der Waals surface area contributed by atoms with Crippen LogP contribution in [0.4, 0.5) is 17.1 Å². The Bertz CT molecular complexity index is 1320. The van der Waals surface area contributed by atoms with Gasteiger partial charge in [-0.1, -0.05) is 55.8 Å². The lowest BCUT2D eigenvalue weighted by atomic mass is 10.0. The van der Waals surface area contributed by atoms with E-state index in [-0.39, 0.29) is 23.3 Å². The van der Waals surface area contributed by atoms with Crippen LogP contribution in [0, 0.1) is 6.92 Å². The van der Waals surface area contributed by atoms with E-state index >= 15 is 0 Å². The van der Waals surface area contributed by atoms with E-state index in [1.165, 1.54) is 17.0 Å². The normalized spacial score (nSPS) is 13.4. The second-order valence-corrected chi connectivity index (χ2v) is 10.5. The van der Waals surface area contributed by atoms with Crippen LogP contribution in [0.1, 0.15) is 30.9 Å². The van der Waals surface area contributed by atoms with E-state index < -0.39 is 22.5 Å². The molecule has 34 heavy (non-hydrogen) atoms. The smallest absolute Gasteiger partial charge is 0.264 e. The fourth-order valence-electron chi connectivity index (χ4n) is 3.84. The number of carbonyl (C=O) groups excluding carboxylic acids is 2. The minimum atomic E-state index is -4.04. The van der Waals surface area contributed by atoms with Crippen molar-refractivity contribution in [3.63, 3.8) is 0 Å². The van der Waals surface area contributed by atoms with Crippen LogP contribution in [0.15, 0.2) is 77.7 Å². The van der Waals surface area contributed by atoms with Crippen LogP contribution >= 0.6 is 0 Å². The summed E-state index contributed by atoms with van der Waals surface area (Å²) < 4.78 is 28.4. The molecule has 1 heterocycles. The van der Waals surface area contributed by atoms with Crippen molar-refractivity contribution in [2.75, 3.05) is 27.6 Å². The average Bonchev–Trinajstić information content (AvgIpc) is 2.82. The third-order valence-electron chi connectivity index (χ3n) is 5.81. The van der Waals surface area contributed by atoms with Crippen molar-refractivity contribution in [2.24, 2.45) is 0 Å². The SMILES string of the molecule is Cc1ccc(S(=O)(=O)N(CC(=O)N2CC(=O)Nc3ccccc32)c2ccc(C(C)C)cc2)cc1. The molecule has 0 fully saturated rings. The van der Waals surface area contributed by atoms with Crippen molar-refractivity contribution < 1.29 is 18.0 Å². The zero-order valence-corrected chi connectivity index (χ0v) is 20.2. The largest absolute Gasteiger partial charge is 0.323 e. The highest BCUT2D eigenvalue weighted by molar-refractivity contribution is 7.92. The topological polar surface area (TPSA) is 86.8 Å². The van der Waals surface area contributed by atoms with E-state index in [1.54, 1.807) is 48.5 Å². The van der Waals surface area contributed by atoms with E-state index in [1.807, 2.05) is 19.1 Å². The third-order valence-corrected chi connectivity index (χ3v) is 7.60. The maximum atomic E-state index is 13.7. The lowest BCUT2D eigenvalue weighted by molar-refractivity contribution is -0.121. The molecule has 0 spiro atoms. The first-order valence-corrected chi connectivity index (χ1v) is 12.5. The summed E-state index contributed by atoms with van der Waals surface area (Å²) in [5.41, 5.74) is 3.42. The lowest BCUT2D eigenvalue weighted by Crippen LogP contribution is -2.48. The van der Waals surface area contributed by atoms with Gasteiger partial charge in [-0.25, -0.2) is 8.42 Å². The third kappa shape index (κ3) is 4.68. The van der Waals surface area contributed by atoms with Gasteiger partial charge in [0.25, 0.3) is 10.0 Å². The highest BCUT2D eigenvalue weighted by Crippen LogP contribution is 2.31. The predicted octanol–water partition coefficient (Wildman–Crippen LogP) is 4.30. The molecular formula is C26H27N3O4S. The fourth-order valence-corrected chi connectivity index (χ4v) is 5.26. The highest BCUT2D eigenvalue weighted by atomic mass is 32.2. The number of fused-ring (bicyclic) bond motifs is 1. The highest BCUT2D eigenvalue weighted by Gasteiger charge is 2.32. The number of para-hydroxylation sites is 2. The summed E-state index contributed by atoms with van der Waals surface area (Å²) in [5, 5.41) is 2.74. The minimum Gasteiger partial charge on any atom is -0.323 e. The molecule has 1 aliphatic rings. The number of amides is 2. The predicted molar refractivity (Wildman–Crippen MR) is 134 cm³/mol. The Morgan fingerprint density at radius 3 is 2.29 bits per heavy atom. The number of sulfonamides is 1. The Kier molecular flexibility index (Phi) is 6.43. The van der Waals surface area contributed by atoms with Crippen LogP contribution in [-0.2, 0) is 19.6 Å². The summed E-state index contributed by atoms with van der Waals surface area (Å²) in [4.78, 5) is 27.1. The van der Waals surface area contributed by atoms with Crippen molar-refractivity contribution in [2.45, 2.75) is 31.6 Å². The minimum absolute atomic E-state index is 0.0932. The van der Waals surface area contributed by atoms with Gasteiger partial charge in [-0.2, -0.15) is 0 Å². The Morgan fingerprint density at radius 2 is 1.65 bits per heavy atom.